The molecule has 0 saturated heterocycles. The number of nitrogen functional groups attached to an aromatic ring is 3. The van der Waals surface area contributed by atoms with Crippen LogP contribution in [0.3, 0.4) is 0 Å². The van der Waals surface area contributed by atoms with Crippen molar-refractivity contribution >= 4 is 81.8 Å². The number of fused-ring (bicyclic) bond motifs is 2. The lowest BCUT2D eigenvalue weighted by molar-refractivity contribution is 0.111. The molecule has 63 heavy (non-hydrogen) atoms. The Kier molecular flexibility index (Phi) is 21.0. The molecule has 0 aromatic heterocycles. The van der Waals surface area contributed by atoms with Gasteiger partial charge in [0, 0.05) is 86.0 Å². The van der Waals surface area contributed by atoms with Gasteiger partial charge in [-0.15, -0.1) is 0 Å². The number of benzene rings is 7. The molecule has 7 aromatic carbocycles. The molecule has 0 unspecified atom stereocenters. The summed E-state index contributed by atoms with van der Waals surface area (Å²) < 4.78 is 0. The number of anilines is 3. The first kappa shape index (κ1) is 49.8. The van der Waals surface area contributed by atoms with Crippen LogP contribution in [-0.4, -0.2) is 55.6 Å². The molecular formula is C53H59N7O3. The third-order valence-corrected chi connectivity index (χ3v) is 8.54. The quantitative estimate of drug-likeness (QED) is 0.0631. The van der Waals surface area contributed by atoms with E-state index in [2.05, 4.69) is 28.8 Å². The maximum Gasteiger partial charge on any atom is 0.150 e. The summed E-state index contributed by atoms with van der Waals surface area (Å²) in [6, 6.07) is 46.4. The van der Waals surface area contributed by atoms with Gasteiger partial charge in [0.25, 0.3) is 0 Å². The molecule has 0 amide bonds. The number of aliphatic imine (C=N–C) groups is 3. The zero-order valence-electron chi connectivity index (χ0n) is 36.9. The first-order valence-corrected chi connectivity index (χ1v) is 20.6. The molecule has 10 nitrogen and oxygen atoms in total. The highest BCUT2D eigenvalue weighted by atomic mass is 16.1. The van der Waals surface area contributed by atoms with Crippen LogP contribution in [0.1, 0.15) is 89.3 Å². The van der Waals surface area contributed by atoms with Gasteiger partial charge in [-0.1, -0.05) is 135 Å². The molecule has 8 N–H and O–H groups in total. The number of carbonyl (C=O) groups excluding carboxylic acids is 3. The fourth-order valence-corrected chi connectivity index (χ4v) is 5.39. The van der Waals surface area contributed by atoms with Gasteiger partial charge in [0.1, 0.15) is 18.9 Å². The second-order valence-electron chi connectivity index (χ2n) is 15.1. The molecule has 0 fully saturated rings. The van der Waals surface area contributed by atoms with Gasteiger partial charge >= 0.3 is 0 Å². The highest BCUT2D eigenvalue weighted by Gasteiger charge is 2.02. The number of hydrogen-bond acceptors (Lipinski definition) is 10. The van der Waals surface area contributed by atoms with Crippen LogP contribution in [0.25, 0.3) is 21.5 Å². The highest BCUT2D eigenvalue weighted by molar-refractivity contribution is 6.01. The van der Waals surface area contributed by atoms with E-state index in [1.807, 2.05) is 156 Å². The number of rotatable bonds is 9. The lowest BCUT2D eigenvalue weighted by Crippen LogP contribution is -2.06. The summed E-state index contributed by atoms with van der Waals surface area (Å²) in [6.45, 7) is 12.1. The number of hydrogen-bond donors (Lipinski definition) is 4. The Bertz CT molecular complexity index is 2510. The van der Waals surface area contributed by atoms with E-state index in [4.69, 9.17) is 22.9 Å². The smallest absolute Gasteiger partial charge is 0.150 e. The maximum atomic E-state index is 10.4. The standard InChI is InChI=1S/C21H21N3.C11H13NO.C10H10N2.C8H6O2.C3H9N/c1-15(2)23-13-16-9-11-17(12-10-16)14-24-21-8-4-5-18-19(21)6-3-7-20(18)22;1-9(2)12-7-10-3-5-11(8-13)6-4-10;11-9-5-1-3-7-8(9)4-2-6-10(7)12;9-5-7-1-2-8(6-10)4-3-7;1-3(2)4/h3-15H,22H2,1-2H3;3-9H,1-2H3;1-6H,11-12H2;1-6H;3H,4H2,1-2H3. The number of nitrogens with zero attached hydrogens (tertiary/aromatic N) is 3. The average molecular weight is 842 g/mol. The van der Waals surface area contributed by atoms with Crippen LogP contribution in [0.2, 0.25) is 0 Å². The van der Waals surface area contributed by atoms with Crippen molar-refractivity contribution in [3.8, 4) is 0 Å². The fourth-order valence-electron chi connectivity index (χ4n) is 5.39. The third kappa shape index (κ3) is 17.9. The Morgan fingerprint density at radius 3 is 0.968 bits per heavy atom. The normalized spacial score (nSPS) is 10.8. The molecule has 0 radical (unpaired) electrons. The Labute approximate surface area is 371 Å². The SMILES string of the molecule is CC(C)N.CC(C)N=Cc1ccc(C=Nc2cccc3c(N)cccc23)cc1.CC(C)N=Cc1ccc(C=O)cc1.Nc1cccc2c(N)cccc12.O=Cc1ccc(C=O)cc1. The molecule has 0 heterocycles. The third-order valence-electron chi connectivity index (χ3n) is 8.54. The van der Waals surface area contributed by atoms with Gasteiger partial charge in [-0.3, -0.25) is 29.4 Å². The summed E-state index contributed by atoms with van der Waals surface area (Å²) in [5, 5.41) is 4.15. The van der Waals surface area contributed by atoms with Gasteiger partial charge in [-0.25, -0.2) is 0 Å². The molecular weight excluding hydrogens is 783 g/mol. The van der Waals surface area contributed by atoms with E-state index in [1.54, 1.807) is 36.4 Å². The van der Waals surface area contributed by atoms with Crippen molar-refractivity contribution in [2.45, 2.75) is 59.7 Å². The summed E-state index contributed by atoms with van der Waals surface area (Å²) in [7, 11) is 0. The fraction of sp³-hybridized carbons (Fsp3) is 0.170. The van der Waals surface area contributed by atoms with Gasteiger partial charge in [-0.05, 0) is 74.7 Å². The van der Waals surface area contributed by atoms with Gasteiger partial charge in [-0.2, -0.15) is 0 Å². The van der Waals surface area contributed by atoms with E-state index >= 15 is 0 Å². The van der Waals surface area contributed by atoms with E-state index in [0.29, 0.717) is 34.8 Å². The van der Waals surface area contributed by atoms with E-state index < -0.39 is 0 Å². The molecule has 0 atom stereocenters. The average Bonchev–Trinajstić information content (AvgIpc) is 3.28. The van der Waals surface area contributed by atoms with E-state index in [0.717, 1.165) is 79.8 Å². The van der Waals surface area contributed by atoms with Crippen LogP contribution in [-0.2, 0) is 0 Å². The summed E-state index contributed by atoms with van der Waals surface area (Å²) in [5.41, 5.74) is 31.0. The monoisotopic (exact) mass is 841 g/mol. The predicted octanol–water partition coefficient (Wildman–Crippen LogP) is 11.0. The molecule has 0 spiro atoms. The molecule has 10 heteroatoms. The van der Waals surface area contributed by atoms with Gasteiger partial charge < -0.3 is 22.9 Å². The molecule has 0 aliphatic heterocycles. The summed E-state index contributed by atoms with van der Waals surface area (Å²) in [6.07, 6.45) is 7.92. The Balaban J connectivity index is 0.000000231. The zero-order valence-corrected chi connectivity index (χ0v) is 36.9. The molecule has 0 aliphatic carbocycles. The summed E-state index contributed by atoms with van der Waals surface area (Å²) >= 11 is 0. The molecule has 0 aliphatic rings. The zero-order chi connectivity index (χ0) is 46.1. The van der Waals surface area contributed by atoms with E-state index in [9.17, 15) is 14.4 Å². The highest BCUT2D eigenvalue weighted by Crippen LogP contribution is 2.29. The minimum atomic E-state index is 0.310. The lowest BCUT2D eigenvalue weighted by atomic mass is 10.1. The van der Waals surface area contributed by atoms with Crippen molar-refractivity contribution in [2.75, 3.05) is 17.2 Å². The summed E-state index contributed by atoms with van der Waals surface area (Å²) in [5.74, 6) is 0. The Hall–Kier alpha value is -7.56. The van der Waals surface area contributed by atoms with Gasteiger partial charge in [0.2, 0.25) is 0 Å². The molecule has 324 valence electrons. The first-order chi connectivity index (χ1) is 30.2. The minimum absolute atomic E-state index is 0.310. The molecule has 0 bridgehead atoms. The van der Waals surface area contributed by atoms with Crippen molar-refractivity contribution in [2.24, 2.45) is 20.7 Å². The maximum absolute atomic E-state index is 10.4. The van der Waals surface area contributed by atoms with Gasteiger partial charge in [0.05, 0.1) is 5.69 Å². The van der Waals surface area contributed by atoms with Crippen molar-refractivity contribution in [3.63, 3.8) is 0 Å². The number of carbonyl (C=O) groups is 3. The van der Waals surface area contributed by atoms with E-state index in [-0.39, 0.29) is 0 Å². The van der Waals surface area contributed by atoms with Crippen LogP contribution in [0, 0.1) is 0 Å². The number of nitrogens with two attached hydrogens (primary N) is 4. The lowest BCUT2D eigenvalue weighted by Gasteiger charge is -2.04. The Morgan fingerprint density at radius 2 is 0.651 bits per heavy atom. The molecule has 7 aromatic rings. The van der Waals surface area contributed by atoms with Crippen molar-refractivity contribution < 1.29 is 14.4 Å². The second kappa shape index (κ2) is 26.6. The molecule has 0 saturated carbocycles. The van der Waals surface area contributed by atoms with Gasteiger partial charge in [0.15, 0.2) is 0 Å². The van der Waals surface area contributed by atoms with Crippen molar-refractivity contribution in [1.29, 1.82) is 0 Å². The second-order valence-corrected chi connectivity index (χ2v) is 15.1. The number of aldehydes is 3. The van der Waals surface area contributed by atoms with Crippen molar-refractivity contribution in [1.82, 2.24) is 0 Å². The first-order valence-electron chi connectivity index (χ1n) is 20.6. The molecule has 7 rings (SSSR count). The van der Waals surface area contributed by atoms with Crippen LogP contribution in [0.5, 0.6) is 0 Å². The predicted molar refractivity (Wildman–Crippen MR) is 269 cm³/mol. The Morgan fingerprint density at radius 1 is 0.381 bits per heavy atom. The largest absolute Gasteiger partial charge is 0.398 e. The van der Waals surface area contributed by atoms with Crippen molar-refractivity contribution in [3.05, 3.63) is 179 Å². The topological polar surface area (TPSA) is 192 Å². The van der Waals surface area contributed by atoms with Crippen LogP contribution >= 0.6 is 0 Å². The minimum Gasteiger partial charge on any atom is -0.398 e. The van der Waals surface area contributed by atoms with Crippen LogP contribution in [0.4, 0.5) is 22.7 Å². The van der Waals surface area contributed by atoms with Crippen LogP contribution < -0.4 is 22.9 Å². The van der Waals surface area contributed by atoms with Crippen LogP contribution in [0.15, 0.2) is 161 Å². The summed E-state index contributed by atoms with van der Waals surface area (Å²) in [4.78, 5) is 43.8. The van der Waals surface area contributed by atoms with E-state index in [1.165, 1.54) is 0 Å².